The molecule has 2 heterocycles. The van der Waals surface area contributed by atoms with Gasteiger partial charge in [-0.3, -0.25) is 9.69 Å². The van der Waals surface area contributed by atoms with Crippen LogP contribution in [-0.4, -0.2) is 71.7 Å². The van der Waals surface area contributed by atoms with E-state index in [-0.39, 0.29) is 17.9 Å². The second kappa shape index (κ2) is 7.71. The highest BCUT2D eigenvalue weighted by Gasteiger charge is 2.40. The van der Waals surface area contributed by atoms with E-state index in [2.05, 4.69) is 22.2 Å². The average molecular weight is 338 g/mol. The predicted octanol–water partition coefficient (Wildman–Crippen LogP) is 1.75. The Morgan fingerprint density at radius 1 is 0.958 bits per heavy atom. The molecule has 0 bridgehead atoms. The van der Waals surface area contributed by atoms with E-state index in [0.29, 0.717) is 0 Å². The predicted molar refractivity (Wildman–Crippen MR) is 95.9 cm³/mol. The first-order valence-electron chi connectivity index (χ1n) is 9.94. The third-order valence-electron chi connectivity index (χ3n) is 6.58. The molecule has 2 N–H and O–H groups in total. The van der Waals surface area contributed by atoms with E-state index in [1.165, 1.54) is 32.4 Å². The number of rotatable bonds is 5. The molecule has 0 radical (unpaired) electrons. The van der Waals surface area contributed by atoms with Crippen LogP contribution in [0.1, 0.15) is 64.2 Å². The van der Waals surface area contributed by atoms with Gasteiger partial charge in [0.25, 0.3) is 0 Å². The number of aliphatic hydroxyl groups is 1. The number of hydrogen-bond donors (Lipinski definition) is 2. The fourth-order valence-electron chi connectivity index (χ4n) is 4.84. The van der Waals surface area contributed by atoms with Crippen molar-refractivity contribution in [3.8, 4) is 0 Å². The molecule has 0 aromatic heterocycles. The Morgan fingerprint density at radius 2 is 1.58 bits per heavy atom. The van der Waals surface area contributed by atoms with Crippen LogP contribution >= 0.6 is 0 Å². The highest BCUT2D eigenvalue weighted by molar-refractivity contribution is 5.77. The van der Waals surface area contributed by atoms with Gasteiger partial charge in [-0.15, -0.1) is 0 Å². The molecule has 2 saturated heterocycles. The third-order valence-corrected chi connectivity index (χ3v) is 6.58. The molecule has 1 aliphatic carbocycles. The van der Waals surface area contributed by atoms with Crippen LogP contribution in [0.3, 0.4) is 0 Å². The lowest BCUT2D eigenvalue weighted by Gasteiger charge is -2.50. The summed E-state index contributed by atoms with van der Waals surface area (Å²) >= 11 is 0. The number of amides is 1. The second-order valence-corrected chi connectivity index (χ2v) is 8.46. The topological polar surface area (TPSA) is 55.8 Å². The number of carbonyl (C=O) groups excluding carboxylic acids is 1. The summed E-state index contributed by atoms with van der Waals surface area (Å²) in [4.78, 5) is 17.5. The van der Waals surface area contributed by atoms with E-state index in [9.17, 15) is 9.90 Å². The van der Waals surface area contributed by atoms with Crippen LogP contribution in [0.25, 0.3) is 0 Å². The van der Waals surface area contributed by atoms with E-state index in [1.54, 1.807) is 0 Å². The minimum absolute atomic E-state index is 0.0368. The lowest BCUT2D eigenvalue weighted by atomic mass is 9.84. The summed E-state index contributed by atoms with van der Waals surface area (Å²) in [6, 6.07) is 0. The van der Waals surface area contributed by atoms with Gasteiger partial charge >= 0.3 is 0 Å². The maximum Gasteiger partial charge on any atom is 0.222 e. The summed E-state index contributed by atoms with van der Waals surface area (Å²) in [7, 11) is 2.19. The quantitative estimate of drug-likeness (QED) is 0.802. The van der Waals surface area contributed by atoms with E-state index in [0.717, 1.165) is 58.2 Å². The summed E-state index contributed by atoms with van der Waals surface area (Å²) in [5, 5.41) is 13.7. The van der Waals surface area contributed by atoms with Crippen molar-refractivity contribution in [2.45, 2.75) is 75.3 Å². The summed E-state index contributed by atoms with van der Waals surface area (Å²) in [5.74, 6) is 0.0368. The van der Waals surface area contributed by atoms with Crippen LogP contribution in [0.2, 0.25) is 0 Å². The SMILES string of the molecule is CN1CCC(CNC(=O)CC2(O)CCCC2)(N2CCCCC2)CC1. The van der Waals surface area contributed by atoms with Crippen LogP contribution in [0.4, 0.5) is 0 Å². The van der Waals surface area contributed by atoms with Crippen LogP contribution < -0.4 is 5.32 Å². The largest absolute Gasteiger partial charge is 0.389 e. The average Bonchev–Trinajstić information content (AvgIpc) is 3.01. The Morgan fingerprint density at radius 3 is 2.21 bits per heavy atom. The summed E-state index contributed by atoms with van der Waals surface area (Å²) < 4.78 is 0. The Balaban J connectivity index is 1.58. The highest BCUT2D eigenvalue weighted by Crippen LogP contribution is 2.33. The standard InChI is InChI=1S/C19H35N3O2/c1-21-13-9-18(10-14-21,22-11-5-2-6-12-22)16-20-17(23)15-19(24)7-3-4-8-19/h24H,2-16H2,1H3,(H,20,23). The molecule has 2 aliphatic heterocycles. The van der Waals surface area contributed by atoms with Gasteiger partial charge < -0.3 is 15.3 Å². The van der Waals surface area contributed by atoms with Crippen molar-refractivity contribution in [2.24, 2.45) is 0 Å². The van der Waals surface area contributed by atoms with Crippen molar-refractivity contribution >= 4 is 5.91 Å². The molecule has 1 amide bonds. The molecule has 0 aromatic carbocycles. The maximum absolute atomic E-state index is 12.4. The smallest absolute Gasteiger partial charge is 0.222 e. The molecular formula is C19H35N3O2. The van der Waals surface area contributed by atoms with Crippen molar-refractivity contribution in [3.63, 3.8) is 0 Å². The molecule has 5 heteroatoms. The monoisotopic (exact) mass is 337 g/mol. The van der Waals surface area contributed by atoms with Gasteiger partial charge in [0.05, 0.1) is 12.0 Å². The van der Waals surface area contributed by atoms with Gasteiger partial charge in [0.1, 0.15) is 0 Å². The van der Waals surface area contributed by atoms with Crippen molar-refractivity contribution < 1.29 is 9.90 Å². The molecular weight excluding hydrogens is 302 g/mol. The molecule has 0 unspecified atom stereocenters. The van der Waals surface area contributed by atoms with Gasteiger partial charge in [0, 0.05) is 12.1 Å². The van der Waals surface area contributed by atoms with Gasteiger partial charge in [-0.1, -0.05) is 19.3 Å². The number of carbonyl (C=O) groups is 1. The molecule has 0 aromatic rings. The van der Waals surface area contributed by atoms with Crippen molar-refractivity contribution in [1.82, 2.24) is 15.1 Å². The van der Waals surface area contributed by atoms with Crippen molar-refractivity contribution in [3.05, 3.63) is 0 Å². The van der Waals surface area contributed by atoms with E-state index >= 15 is 0 Å². The molecule has 3 rings (SSSR count). The fraction of sp³-hybridized carbons (Fsp3) is 0.947. The highest BCUT2D eigenvalue weighted by atomic mass is 16.3. The van der Waals surface area contributed by atoms with Gasteiger partial charge in [0.15, 0.2) is 0 Å². The number of hydrogen-bond acceptors (Lipinski definition) is 4. The van der Waals surface area contributed by atoms with Crippen LogP contribution in [0, 0.1) is 0 Å². The van der Waals surface area contributed by atoms with Gasteiger partial charge in [0.2, 0.25) is 5.91 Å². The Kier molecular flexibility index (Phi) is 5.83. The summed E-state index contributed by atoms with van der Waals surface area (Å²) in [6.45, 7) is 5.30. The van der Waals surface area contributed by atoms with Crippen molar-refractivity contribution in [2.75, 3.05) is 39.8 Å². The van der Waals surface area contributed by atoms with E-state index in [4.69, 9.17) is 0 Å². The minimum Gasteiger partial charge on any atom is -0.389 e. The van der Waals surface area contributed by atoms with Crippen LogP contribution in [-0.2, 0) is 4.79 Å². The zero-order chi connectivity index (χ0) is 17.0. The first-order valence-corrected chi connectivity index (χ1v) is 9.94. The lowest BCUT2D eigenvalue weighted by Crippen LogP contribution is -2.61. The number of nitrogens with one attached hydrogen (secondary N) is 1. The van der Waals surface area contributed by atoms with Crippen molar-refractivity contribution in [1.29, 1.82) is 0 Å². The van der Waals surface area contributed by atoms with Gasteiger partial charge in [-0.25, -0.2) is 0 Å². The minimum atomic E-state index is -0.741. The molecule has 0 spiro atoms. The lowest BCUT2D eigenvalue weighted by molar-refractivity contribution is -0.127. The fourth-order valence-corrected chi connectivity index (χ4v) is 4.84. The molecule has 138 valence electrons. The molecule has 3 fully saturated rings. The first-order chi connectivity index (χ1) is 11.5. The van der Waals surface area contributed by atoms with Gasteiger partial charge in [-0.2, -0.15) is 0 Å². The normalized spacial score (nSPS) is 27.9. The zero-order valence-electron chi connectivity index (χ0n) is 15.4. The van der Waals surface area contributed by atoms with Gasteiger partial charge in [-0.05, 0) is 71.8 Å². The Hall–Kier alpha value is -0.650. The Bertz CT molecular complexity index is 420. The Labute approximate surface area is 146 Å². The molecule has 1 saturated carbocycles. The maximum atomic E-state index is 12.4. The van der Waals surface area contributed by atoms with Crippen LogP contribution in [0.15, 0.2) is 0 Å². The molecule has 0 atom stereocenters. The second-order valence-electron chi connectivity index (χ2n) is 8.46. The molecule has 24 heavy (non-hydrogen) atoms. The molecule has 3 aliphatic rings. The molecule has 5 nitrogen and oxygen atoms in total. The zero-order valence-corrected chi connectivity index (χ0v) is 15.4. The summed E-state index contributed by atoms with van der Waals surface area (Å²) in [6.07, 6.45) is 10.1. The number of likely N-dealkylation sites (tertiary alicyclic amines) is 2. The van der Waals surface area contributed by atoms with Crippen LogP contribution in [0.5, 0.6) is 0 Å². The summed E-state index contributed by atoms with van der Waals surface area (Å²) in [5.41, 5.74) is -0.615. The van der Waals surface area contributed by atoms with E-state index < -0.39 is 5.60 Å². The third kappa shape index (κ3) is 4.30. The number of piperidine rings is 2. The first kappa shape index (κ1) is 18.2. The number of nitrogens with zero attached hydrogens (tertiary/aromatic N) is 2. The van der Waals surface area contributed by atoms with E-state index in [1.807, 2.05) is 0 Å².